The van der Waals surface area contributed by atoms with Crippen molar-refractivity contribution in [2.75, 3.05) is 5.75 Å². The number of hydrogen-bond acceptors (Lipinski definition) is 3. The van der Waals surface area contributed by atoms with Crippen LogP contribution >= 0.6 is 46.6 Å². The van der Waals surface area contributed by atoms with Gasteiger partial charge in [0.05, 0.1) is 0 Å². The monoisotopic (exact) mass is 588 g/mol. The highest BCUT2D eigenvalue weighted by molar-refractivity contribution is 7.99. The average molecular weight is 590 g/mol. The molecule has 0 aliphatic heterocycles. The molecule has 1 saturated carbocycles. The third kappa shape index (κ3) is 8.41. The van der Waals surface area contributed by atoms with Crippen molar-refractivity contribution in [2.24, 2.45) is 0 Å². The van der Waals surface area contributed by atoms with Gasteiger partial charge in [0.2, 0.25) is 11.8 Å². The molecule has 3 aromatic carbocycles. The average Bonchev–Trinajstić information content (AvgIpc) is 3.42. The number of nitrogens with zero attached hydrogens (tertiary/aromatic N) is 1. The number of amides is 2. The van der Waals surface area contributed by atoms with E-state index in [1.165, 1.54) is 0 Å². The van der Waals surface area contributed by atoms with Crippen molar-refractivity contribution in [3.8, 4) is 0 Å². The van der Waals surface area contributed by atoms with Gasteiger partial charge in [-0.3, -0.25) is 9.59 Å². The van der Waals surface area contributed by atoms with E-state index in [1.54, 1.807) is 28.8 Å². The van der Waals surface area contributed by atoms with Gasteiger partial charge in [-0.05, 0) is 60.4 Å². The van der Waals surface area contributed by atoms with E-state index in [0.717, 1.165) is 41.7 Å². The van der Waals surface area contributed by atoms with E-state index in [9.17, 15) is 9.59 Å². The van der Waals surface area contributed by atoms with E-state index in [-0.39, 0.29) is 30.8 Å². The van der Waals surface area contributed by atoms with E-state index in [4.69, 9.17) is 34.8 Å². The van der Waals surface area contributed by atoms with Gasteiger partial charge in [-0.15, -0.1) is 11.8 Å². The lowest BCUT2D eigenvalue weighted by Gasteiger charge is -2.32. The SMILES string of the molecule is O=C(NC1CCCC1)C(Cc1ccccc1)N(Cc1ccc(Cl)cc1Cl)C(=O)CCSc1ccc(Cl)cc1. The Morgan fingerprint density at radius 1 is 0.921 bits per heavy atom. The number of carbonyl (C=O) groups is 2. The van der Waals surface area contributed by atoms with Crippen LogP contribution in [-0.2, 0) is 22.6 Å². The molecule has 1 N–H and O–H groups in total. The second-order valence-electron chi connectivity index (χ2n) is 9.51. The summed E-state index contributed by atoms with van der Waals surface area (Å²) < 4.78 is 0. The second-order valence-corrected chi connectivity index (χ2v) is 12.0. The summed E-state index contributed by atoms with van der Waals surface area (Å²) in [7, 11) is 0. The van der Waals surface area contributed by atoms with Gasteiger partial charge in [-0.2, -0.15) is 0 Å². The fourth-order valence-electron chi connectivity index (χ4n) is 4.69. The first kappa shape index (κ1) is 28.8. The first-order chi connectivity index (χ1) is 18.4. The number of nitrogens with one attached hydrogen (secondary N) is 1. The van der Waals surface area contributed by atoms with Crippen molar-refractivity contribution >= 4 is 58.4 Å². The summed E-state index contributed by atoms with van der Waals surface area (Å²) in [4.78, 5) is 30.2. The molecule has 0 saturated heterocycles. The van der Waals surface area contributed by atoms with Gasteiger partial charge in [0, 0.05) is 51.1 Å². The molecule has 1 atom stereocenters. The van der Waals surface area contributed by atoms with Gasteiger partial charge in [-0.1, -0.05) is 84.0 Å². The number of benzene rings is 3. The van der Waals surface area contributed by atoms with Crippen molar-refractivity contribution in [1.29, 1.82) is 0 Å². The smallest absolute Gasteiger partial charge is 0.243 e. The molecule has 0 aromatic heterocycles. The molecular weight excluding hydrogens is 559 g/mol. The molecule has 0 spiro atoms. The highest BCUT2D eigenvalue weighted by Gasteiger charge is 2.32. The van der Waals surface area contributed by atoms with Gasteiger partial charge >= 0.3 is 0 Å². The van der Waals surface area contributed by atoms with Gasteiger partial charge < -0.3 is 10.2 Å². The Morgan fingerprint density at radius 2 is 1.61 bits per heavy atom. The summed E-state index contributed by atoms with van der Waals surface area (Å²) in [6.07, 6.45) is 4.86. The molecule has 0 radical (unpaired) electrons. The van der Waals surface area contributed by atoms with Crippen molar-refractivity contribution in [1.82, 2.24) is 10.2 Å². The van der Waals surface area contributed by atoms with Crippen LogP contribution in [0.4, 0.5) is 0 Å². The topological polar surface area (TPSA) is 49.4 Å². The van der Waals surface area contributed by atoms with Gasteiger partial charge in [0.1, 0.15) is 6.04 Å². The lowest BCUT2D eigenvalue weighted by molar-refractivity contribution is -0.141. The molecule has 1 aliphatic rings. The lowest BCUT2D eigenvalue weighted by Crippen LogP contribution is -2.52. The molecule has 1 aliphatic carbocycles. The van der Waals surface area contributed by atoms with E-state index >= 15 is 0 Å². The molecule has 4 nitrogen and oxygen atoms in total. The largest absolute Gasteiger partial charge is 0.352 e. The summed E-state index contributed by atoms with van der Waals surface area (Å²) in [5.74, 6) is 0.359. The van der Waals surface area contributed by atoms with Crippen molar-refractivity contribution < 1.29 is 9.59 Å². The summed E-state index contributed by atoms with van der Waals surface area (Å²) in [5.41, 5.74) is 1.75. The standard InChI is InChI=1S/C30H31Cl3N2O2S/c31-23-12-14-26(15-13-23)38-17-16-29(36)35(20-22-10-11-24(32)19-27(22)33)28(18-21-6-2-1-3-7-21)30(37)34-25-8-4-5-9-25/h1-3,6-7,10-15,19,25,28H,4-5,8-9,16-18,20H2,(H,34,37). The fourth-order valence-corrected chi connectivity index (χ4v) is 6.12. The molecule has 1 unspecified atom stereocenters. The highest BCUT2D eigenvalue weighted by Crippen LogP contribution is 2.26. The number of carbonyl (C=O) groups excluding carboxylic acids is 2. The number of rotatable bonds is 11. The van der Waals surface area contributed by atoms with Crippen LogP contribution in [-0.4, -0.2) is 34.6 Å². The molecule has 38 heavy (non-hydrogen) atoms. The fraction of sp³-hybridized carbons (Fsp3) is 0.333. The number of thioether (sulfide) groups is 1. The van der Waals surface area contributed by atoms with Gasteiger partial charge in [-0.25, -0.2) is 0 Å². The van der Waals surface area contributed by atoms with Crippen LogP contribution in [0.25, 0.3) is 0 Å². The van der Waals surface area contributed by atoms with E-state index in [2.05, 4.69) is 5.32 Å². The third-order valence-corrected chi connectivity index (χ3v) is 8.58. The summed E-state index contributed by atoms with van der Waals surface area (Å²) >= 11 is 20.2. The van der Waals surface area contributed by atoms with Crippen LogP contribution in [0.1, 0.15) is 43.2 Å². The van der Waals surface area contributed by atoms with Crippen molar-refractivity contribution in [3.63, 3.8) is 0 Å². The molecule has 4 rings (SSSR count). The molecule has 1 fully saturated rings. The van der Waals surface area contributed by atoms with E-state index in [1.807, 2.05) is 60.7 Å². The number of hydrogen-bond donors (Lipinski definition) is 1. The predicted molar refractivity (Wildman–Crippen MR) is 158 cm³/mol. The van der Waals surface area contributed by atoms with Crippen LogP contribution in [0.15, 0.2) is 77.7 Å². The van der Waals surface area contributed by atoms with Crippen molar-refractivity contribution in [2.45, 2.75) is 62.0 Å². The zero-order valence-electron chi connectivity index (χ0n) is 21.0. The quantitative estimate of drug-likeness (QED) is 0.232. The maximum atomic E-state index is 13.8. The Bertz CT molecular complexity index is 1220. The van der Waals surface area contributed by atoms with Crippen LogP contribution in [0.3, 0.4) is 0 Å². The Balaban J connectivity index is 1.58. The predicted octanol–water partition coefficient (Wildman–Crippen LogP) is 7.83. The minimum Gasteiger partial charge on any atom is -0.352 e. The minimum absolute atomic E-state index is 0.0972. The van der Waals surface area contributed by atoms with E-state index in [0.29, 0.717) is 27.2 Å². The Labute approximate surface area is 244 Å². The molecule has 0 heterocycles. The van der Waals surface area contributed by atoms with E-state index < -0.39 is 6.04 Å². The number of halogens is 3. The Morgan fingerprint density at radius 3 is 2.29 bits per heavy atom. The van der Waals surface area contributed by atoms with Crippen LogP contribution < -0.4 is 5.32 Å². The highest BCUT2D eigenvalue weighted by atomic mass is 35.5. The maximum absolute atomic E-state index is 13.8. The molecule has 3 aromatic rings. The van der Waals surface area contributed by atoms with Crippen LogP contribution in [0.2, 0.25) is 15.1 Å². The first-order valence-electron chi connectivity index (χ1n) is 12.8. The summed E-state index contributed by atoms with van der Waals surface area (Å²) in [5, 5.41) is 4.90. The minimum atomic E-state index is -0.669. The van der Waals surface area contributed by atoms with Gasteiger partial charge in [0.25, 0.3) is 0 Å². The molecular formula is C30H31Cl3N2O2S. The normalized spacial score (nSPS) is 14.3. The maximum Gasteiger partial charge on any atom is 0.243 e. The van der Waals surface area contributed by atoms with Gasteiger partial charge in [0.15, 0.2) is 0 Å². The molecule has 0 bridgehead atoms. The van der Waals surface area contributed by atoms with Crippen LogP contribution in [0.5, 0.6) is 0 Å². The molecule has 8 heteroatoms. The first-order valence-corrected chi connectivity index (χ1v) is 15.0. The van der Waals surface area contributed by atoms with Crippen molar-refractivity contribution in [3.05, 3.63) is 99.0 Å². The molecule has 200 valence electrons. The summed E-state index contributed by atoms with van der Waals surface area (Å²) in [6.45, 7) is 0.218. The van der Waals surface area contributed by atoms with Crippen LogP contribution in [0, 0.1) is 0 Å². The Hall–Kier alpha value is -2.18. The summed E-state index contributed by atoms with van der Waals surface area (Å²) in [6, 6.07) is 22.1. The Kier molecular flexibility index (Phi) is 10.8. The zero-order chi connectivity index (χ0) is 26.9. The lowest BCUT2D eigenvalue weighted by atomic mass is 10.0. The second kappa shape index (κ2) is 14.3. The third-order valence-electron chi connectivity index (χ3n) is 6.73. The zero-order valence-corrected chi connectivity index (χ0v) is 24.1. The molecule has 2 amide bonds.